The number of benzene rings is 2. The number of nitro benzene ring substituents is 1. The second-order valence-corrected chi connectivity index (χ2v) is 7.88. The monoisotopic (exact) mass is 420 g/mol. The summed E-state index contributed by atoms with van der Waals surface area (Å²) in [4.78, 5) is 22.5. The number of anilines is 1. The van der Waals surface area contributed by atoms with Crippen LogP contribution in [0.1, 0.15) is 12.5 Å². The minimum Gasteiger partial charge on any atom is -0.495 e. The first-order valence-corrected chi connectivity index (χ1v) is 10.2. The molecule has 2 rings (SSSR count). The van der Waals surface area contributed by atoms with E-state index in [9.17, 15) is 23.3 Å². The number of para-hydroxylation sites is 2. The Labute approximate surface area is 168 Å². The number of rotatable bonds is 8. The first-order valence-electron chi connectivity index (χ1n) is 8.32. The third kappa shape index (κ3) is 5.75. The molecule has 2 aromatic carbocycles. The largest absolute Gasteiger partial charge is 0.495 e. The molecule has 0 unspecified atom stereocenters. The Hall–Kier alpha value is -3.47. The van der Waals surface area contributed by atoms with Crippen LogP contribution in [0.3, 0.4) is 0 Å². The molecule has 1 amide bonds. The average Bonchev–Trinajstić information content (AvgIpc) is 2.69. The van der Waals surface area contributed by atoms with Gasteiger partial charge in [0.25, 0.3) is 11.6 Å². The lowest BCUT2D eigenvalue weighted by Gasteiger charge is -2.23. The van der Waals surface area contributed by atoms with E-state index in [1.807, 2.05) is 0 Å². The van der Waals surface area contributed by atoms with Crippen molar-refractivity contribution in [1.82, 2.24) is 5.43 Å². The molecule has 0 atom stereocenters. The molecule has 0 bridgehead atoms. The van der Waals surface area contributed by atoms with Gasteiger partial charge in [-0.15, -0.1) is 0 Å². The van der Waals surface area contributed by atoms with E-state index in [-0.39, 0.29) is 11.4 Å². The van der Waals surface area contributed by atoms with Gasteiger partial charge in [0.1, 0.15) is 12.3 Å². The second-order valence-electron chi connectivity index (χ2n) is 5.98. The Bertz CT molecular complexity index is 1030. The number of sulfonamides is 1. The van der Waals surface area contributed by atoms with Crippen LogP contribution < -0.4 is 14.5 Å². The number of hydrogen-bond donors (Lipinski definition) is 1. The summed E-state index contributed by atoms with van der Waals surface area (Å²) in [6.07, 6.45) is 0.984. The minimum absolute atomic E-state index is 0.0637. The van der Waals surface area contributed by atoms with Crippen molar-refractivity contribution in [3.63, 3.8) is 0 Å². The molecular formula is C18H20N4O6S. The van der Waals surface area contributed by atoms with Gasteiger partial charge in [0.05, 0.1) is 29.7 Å². The van der Waals surface area contributed by atoms with E-state index >= 15 is 0 Å². The number of carbonyl (C=O) groups excluding carboxylic acids is 1. The molecule has 154 valence electrons. The zero-order chi connectivity index (χ0) is 21.6. The maximum Gasteiger partial charge on any atom is 0.269 e. The summed E-state index contributed by atoms with van der Waals surface area (Å²) in [5.41, 5.74) is 3.43. The molecule has 0 aliphatic rings. The van der Waals surface area contributed by atoms with Crippen LogP contribution in [0.2, 0.25) is 0 Å². The summed E-state index contributed by atoms with van der Waals surface area (Å²) in [6, 6.07) is 12.1. The zero-order valence-corrected chi connectivity index (χ0v) is 16.8. The summed E-state index contributed by atoms with van der Waals surface area (Å²) < 4.78 is 30.4. The predicted octanol–water partition coefficient (Wildman–Crippen LogP) is 1.91. The number of hydrogen-bond acceptors (Lipinski definition) is 7. The van der Waals surface area contributed by atoms with Crippen molar-refractivity contribution >= 4 is 33.0 Å². The standard InChI is InChI=1S/C18H20N4O6S/c1-13(14-8-10-15(11-9-14)22(24)25)19-20-18(23)12-21(29(3,26)27)16-6-4-5-7-17(16)28-2/h4-11H,12H2,1-3H3,(H,20,23)/b19-13-. The third-order valence-electron chi connectivity index (χ3n) is 3.89. The molecule has 0 fully saturated rings. The molecule has 0 radical (unpaired) electrons. The molecule has 10 nitrogen and oxygen atoms in total. The van der Waals surface area contributed by atoms with Crippen molar-refractivity contribution in [3.8, 4) is 5.75 Å². The number of methoxy groups -OCH3 is 1. The lowest BCUT2D eigenvalue weighted by atomic mass is 10.1. The topological polar surface area (TPSA) is 131 Å². The van der Waals surface area contributed by atoms with Gasteiger partial charge in [0, 0.05) is 12.1 Å². The van der Waals surface area contributed by atoms with Crippen LogP contribution in [0, 0.1) is 10.1 Å². The predicted molar refractivity (Wildman–Crippen MR) is 109 cm³/mol. The number of nitrogens with zero attached hydrogens (tertiary/aromatic N) is 3. The SMILES string of the molecule is COc1ccccc1N(CC(=O)N/N=C(/C)c1ccc([N+](=O)[O-])cc1)S(C)(=O)=O. The lowest BCUT2D eigenvalue weighted by molar-refractivity contribution is -0.384. The van der Waals surface area contributed by atoms with Gasteiger partial charge in [-0.2, -0.15) is 5.10 Å². The Morgan fingerprint density at radius 3 is 2.38 bits per heavy atom. The Morgan fingerprint density at radius 2 is 1.83 bits per heavy atom. The molecule has 0 aliphatic carbocycles. The van der Waals surface area contributed by atoms with Crippen molar-refractivity contribution in [2.45, 2.75) is 6.92 Å². The quantitative estimate of drug-likeness (QED) is 0.394. The molecule has 2 aromatic rings. The Balaban J connectivity index is 2.16. The van der Waals surface area contributed by atoms with Crippen LogP contribution in [-0.2, 0) is 14.8 Å². The van der Waals surface area contributed by atoms with Crippen LogP contribution >= 0.6 is 0 Å². The first-order chi connectivity index (χ1) is 13.6. The van der Waals surface area contributed by atoms with E-state index in [1.54, 1.807) is 25.1 Å². The maximum absolute atomic E-state index is 12.3. The molecule has 0 saturated heterocycles. The Kier molecular flexibility index (Phi) is 6.89. The molecule has 1 N–H and O–H groups in total. The van der Waals surface area contributed by atoms with Crippen molar-refractivity contribution in [3.05, 3.63) is 64.2 Å². The van der Waals surface area contributed by atoms with Crippen LogP contribution in [0.5, 0.6) is 5.75 Å². The molecule has 0 aromatic heterocycles. The van der Waals surface area contributed by atoms with Gasteiger partial charge in [-0.25, -0.2) is 13.8 Å². The fourth-order valence-electron chi connectivity index (χ4n) is 2.42. The highest BCUT2D eigenvalue weighted by Gasteiger charge is 2.23. The first kappa shape index (κ1) is 21.8. The summed E-state index contributed by atoms with van der Waals surface area (Å²) >= 11 is 0. The highest BCUT2D eigenvalue weighted by Crippen LogP contribution is 2.29. The lowest BCUT2D eigenvalue weighted by Crippen LogP contribution is -2.39. The van der Waals surface area contributed by atoms with Crippen LogP contribution in [-0.4, -0.2) is 44.9 Å². The summed E-state index contributed by atoms with van der Waals surface area (Å²) in [5, 5.41) is 14.6. The summed E-state index contributed by atoms with van der Waals surface area (Å²) in [7, 11) is -2.37. The van der Waals surface area contributed by atoms with Crippen molar-refractivity contribution in [2.24, 2.45) is 5.10 Å². The van der Waals surface area contributed by atoms with Gasteiger partial charge < -0.3 is 4.74 Å². The smallest absolute Gasteiger partial charge is 0.269 e. The van der Waals surface area contributed by atoms with Crippen LogP contribution in [0.4, 0.5) is 11.4 Å². The third-order valence-corrected chi connectivity index (χ3v) is 5.01. The average molecular weight is 420 g/mol. The summed E-state index contributed by atoms with van der Waals surface area (Å²) in [5.74, 6) is -0.362. The van der Waals surface area contributed by atoms with E-state index in [4.69, 9.17) is 4.74 Å². The number of non-ortho nitro benzene ring substituents is 1. The second kappa shape index (κ2) is 9.15. The zero-order valence-electron chi connectivity index (χ0n) is 16.0. The van der Waals surface area contributed by atoms with Gasteiger partial charge in [-0.05, 0) is 36.8 Å². The van der Waals surface area contributed by atoms with E-state index in [0.717, 1.165) is 10.6 Å². The molecule has 0 heterocycles. The number of amides is 1. The number of nitro groups is 1. The number of hydrazone groups is 1. The molecule has 29 heavy (non-hydrogen) atoms. The Morgan fingerprint density at radius 1 is 1.21 bits per heavy atom. The highest BCUT2D eigenvalue weighted by molar-refractivity contribution is 7.92. The fourth-order valence-corrected chi connectivity index (χ4v) is 3.28. The van der Waals surface area contributed by atoms with Crippen molar-refractivity contribution < 1.29 is 22.9 Å². The molecule has 0 aliphatic heterocycles. The van der Waals surface area contributed by atoms with E-state index < -0.39 is 27.4 Å². The van der Waals surface area contributed by atoms with Crippen molar-refractivity contribution in [2.75, 3.05) is 24.2 Å². The maximum atomic E-state index is 12.3. The highest BCUT2D eigenvalue weighted by atomic mass is 32.2. The number of carbonyl (C=O) groups is 1. The van der Waals surface area contributed by atoms with Gasteiger partial charge in [0.2, 0.25) is 10.0 Å². The molecule has 11 heteroatoms. The number of nitrogens with one attached hydrogen (secondary N) is 1. The van der Waals surface area contributed by atoms with Crippen molar-refractivity contribution in [1.29, 1.82) is 0 Å². The van der Waals surface area contributed by atoms with E-state index in [2.05, 4.69) is 10.5 Å². The van der Waals surface area contributed by atoms with Gasteiger partial charge in [-0.1, -0.05) is 12.1 Å². The fraction of sp³-hybridized carbons (Fsp3) is 0.222. The van der Waals surface area contributed by atoms with Crippen LogP contribution in [0.25, 0.3) is 0 Å². The molecule has 0 saturated carbocycles. The normalized spacial score (nSPS) is 11.6. The van der Waals surface area contributed by atoms with E-state index in [1.165, 1.54) is 37.4 Å². The molecule has 0 spiro atoms. The summed E-state index contributed by atoms with van der Waals surface area (Å²) in [6.45, 7) is 1.10. The van der Waals surface area contributed by atoms with Gasteiger partial charge in [-0.3, -0.25) is 19.2 Å². The van der Waals surface area contributed by atoms with E-state index in [0.29, 0.717) is 17.0 Å². The number of ether oxygens (including phenoxy) is 1. The van der Waals surface area contributed by atoms with Gasteiger partial charge >= 0.3 is 0 Å². The minimum atomic E-state index is -3.77. The van der Waals surface area contributed by atoms with Crippen LogP contribution in [0.15, 0.2) is 53.6 Å². The van der Waals surface area contributed by atoms with Gasteiger partial charge in [0.15, 0.2) is 0 Å². The molecular weight excluding hydrogens is 400 g/mol.